The van der Waals surface area contributed by atoms with Gasteiger partial charge in [-0.3, -0.25) is 4.79 Å². The van der Waals surface area contributed by atoms with Crippen LogP contribution in [0.2, 0.25) is 0 Å². The molecule has 0 aromatic heterocycles. The van der Waals surface area contributed by atoms with Crippen molar-refractivity contribution in [3.8, 4) is 5.75 Å². The Labute approximate surface area is 111 Å². The van der Waals surface area contributed by atoms with Gasteiger partial charge in [-0.2, -0.15) is 0 Å². The quantitative estimate of drug-likeness (QED) is 0.662. The number of carbonyl (C=O) groups excluding carboxylic acids is 1. The van der Waals surface area contributed by atoms with Gasteiger partial charge in [-0.25, -0.2) is 4.39 Å². The first-order chi connectivity index (χ1) is 9.24. The van der Waals surface area contributed by atoms with Crippen molar-refractivity contribution in [1.82, 2.24) is 5.32 Å². The number of benzene rings is 2. The number of halogens is 1. The highest BCUT2D eigenvalue weighted by atomic mass is 19.1. The molecule has 3 nitrogen and oxygen atoms in total. The first-order valence-corrected chi connectivity index (χ1v) is 5.95. The molecule has 4 heteroatoms. The largest absolute Gasteiger partial charge is 0.426 e. The van der Waals surface area contributed by atoms with Crippen LogP contribution < -0.4 is 10.1 Å². The Morgan fingerprint density at radius 2 is 1.74 bits per heavy atom. The number of hydrogen-bond acceptors (Lipinski definition) is 3. The molecule has 0 aliphatic carbocycles. The number of hydrogen-bond donors (Lipinski definition) is 1. The summed E-state index contributed by atoms with van der Waals surface area (Å²) in [6.45, 7) is 0.700. The summed E-state index contributed by atoms with van der Waals surface area (Å²) in [6.07, 6.45) is 0. The van der Waals surface area contributed by atoms with E-state index in [1.54, 1.807) is 0 Å². The Morgan fingerprint density at radius 1 is 1.05 bits per heavy atom. The average Bonchev–Trinajstić information content (AvgIpc) is 2.43. The zero-order valence-corrected chi connectivity index (χ0v) is 10.3. The van der Waals surface area contributed by atoms with Gasteiger partial charge in [-0.05, 0) is 29.8 Å². The van der Waals surface area contributed by atoms with Gasteiger partial charge in [0, 0.05) is 6.54 Å². The van der Waals surface area contributed by atoms with Crippen molar-refractivity contribution in [2.45, 2.75) is 6.54 Å². The van der Waals surface area contributed by atoms with Gasteiger partial charge >= 0.3 is 5.97 Å². The van der Waals surface area contributed by atoms with Gasteiger partial charge in [0.05, 0.1) is 6.54 Å². The van der Waals surface area contributed by atoms with Gasteiger partial charge in [0.25, 0.3) is 0 Å². The molecule has 0 spiro atoms. The molecular formula is C15H14FNO2. The Morgan fingerprint density at radius 3 is 2.42 bits per heavy atom. The van der Waals surface area contributed by atoms with Gasteiger partial charge in [-0.1, -0.05) is 30.3 Å². The van der Waals surface area contributed by atoms with E-state index in [2.05, 4.69) is 5.32 Å². The monoisotopic (exact) mass is 259 g/mol. The van der Waals surface area contributed by atoms with E-state index in [1.807, 2.05) is 30.3 Å². The second-order valence-corrected chi connectivity index (χ2v) is 4.02. The Hall–Kier alpha value is -2.20. The smallest absolute Gasteiger partial charge is 0.325 e. The maximum atomic E-state index is 12.7. The standard InChI is InChI=1S/C15H14FNO2/c16-13-6-8-14(9-7-13)19-15(18)11-17-10-12-4-2-1-3-5-12/h1-9,17H,10-11H2. The average molecular weight is 259 g/mol. The van der Waals surface area contributed by atoms with Gasteiger partial charge < -0.3 is 10.1 Å². The molecule has 0 aliphatic rings. The fraction of sp³-hybridized carbons (Fsp3) is 0.133. The molecule has 0 heterocycles. The first kappa shape index (κ1) is 13.2. The summed E-state index contributed by atoms with van der Waals surface area (Å²) in [7, 11) is 0. The first-order valence-electron chi connectivity index (χ1n) is 5.95. The topological polar surface area (TPSA) is 38.3 Å². The third-order valence-electron chi connectivity index (χ3n) is 2.49. The van der Waals surface area contributed by atoms with Crippen molar-refractivity contribution in [2.75, 3.05) is 6.54 Å². The van der Waals surface area contributed by atoms with Crippen LogP contribution in [0.1, 0.15) is 5.56 Å². The van der Waals surface area contributed by atoms with Crippen LogP contribution in [0.25, 0.3) is 0 Å². The van der Waals surface area contributed by atoms with E-state index in [9.17, 15) is 9.18 Å². The van der Waals surface area contributed by atoms with Crippen LogP contribution in [0, 0.1) is 5.82 Å². The minimum atomic E-state index is -0.400. The van der Waals surface area contributed by atoms with E-state index in [4.69, 9.17) is 4.74 Å². The minimum absolute atomic E-state index is 0.103. The van der Waals surface area contributed by atoms with Crippen molar-refractivity contribution in [3.63, 3.8) is 0 Å². The van der Waals surface area contributed by atoms with E-state index < -0.39 is 5.97 Å². The van der Waals surface area contributed by atoms with Gasteiger partial charge in [0.2, 0.25) is 0 Å². The number of rotatable bonds is 5. The molecule has 0 unspecified atom stereocenters. The zero-order chi connectivity index (χ0) is 13.5. The molecule has 0 radical (unpaired) electrons. The minimum Gasteiger partial charge on any atom is -0.426 e. The predicted octanol–water partition coefficient (Wildman–Crippen LogP) is 2.52. The van der Waals surface area contributed by atoms with Crippen LogP contribution in [0.5, 0.6) is 5.75 Å². The van der Waals surface area contributed by atoms with Crippen molar-refractivity contribution >= 4 is 5.97 Å². The highest BCUT2D eigenvalue weighted by molar-refractivity contribution is 5.74. The van der Waals surface area contributed by atoms with E-state index >= 15 is 0 Å². The highest BCUT2D eigenvalue weighted by Crippen LogP contribution is 2.10. The summed E-state index contributed by atoms with van der Waals surface area (Å²) in [5.74, 6) is -0.419. The highest BCUT2D eigenvalue weighted by Gasteiger charge is 2.04. The maximum Gasteiger partial charge on any atom is 0.325 e. The van der Waals surface area contributed by atoms with E-state index in [0.717, 1.165) is 5.56 Å². The van der Waals surface area contributed by atoms with Crippen LogP contribution in [-0.4, -0.2) is 12.5 Å². The van der Waals surface area contributed by atoms with Crippen LogP contribution >= 0.6 is 0 Å². The molecule has 0 bridgehead atoms. The van der Waals surface area contributed by atoms with Crippen molar-refractivity contribution in [1.29, 1.82) is 0 Å². The van der Waals surface area contributed by atoms with E-state index in [0.29, 0.717) is 12.3 Å². The van der Waals surface area contributed by atoms with E-state index in [-0.39, 0.29) is 12.4 Å². The number of ether oxygens (including phenoxy) is 1. The molecule has 2 aromatic rings. The third kappa shape index (κ3) is 4.52. The molecule has 2 rings (SSSR count). The van der Waals surface area contributed by atoms with E-state index in [1.165, 1.54) is 24.3 Å². The third-order valence-corrected chi connectivity index (χ3v) is 2.49. The van der Waals surface area contributed by atoms with Crippen LogP contribution in [0.4, 0.5) is 4.39 Å². The van der Waals surface area contributed by atoms with Crippen molar-refractivity contribution < 1.29 is 13.9 Å². The lowest BCUT2D eigenvalue weighted by atomic mass is 10.2. The second kappa shape index (κ2) is 6.66. The van der Waals surface area contributed by atoms with Crippen LogP contribution in [-0.2, 0) is 11.3 Å². The maximum absolute atomic E-state index is 12.7. The summed E-state index contributed by atoms with van der Waals surface area (Å²) in [5, 5.41) is 2.98. The number of carbonyl (C=O) groups is 1. The molecule has 98 valence electrons. The molecule has 0 atom stereocenters. The fourth-order valence-corrected chi connectivity index (χ4v) is 1.57. The number of esters is 1. The number of nitrogens with one attached hydrogen (secondary N) is 1. The molecular weight excluding hydrogens is 245 g/mol. The van der Waals surface area contributed by atoms with Gasteiger partial charge in [0.15, 0.2) is 0 Å². The Kier molecular flexibility index (Phi) is 4.64. The summed E-state index contributed by atoms with van der Waals surface area (Å²) in [6, 6.07) is 15.1. The molecule has 0 aliphatic heterocycles. The normalized spacial score (nSPS) is 10.2. The molecule has 19 heavy (non-hydrogen) atoms. The van der Waals surface area contributed by atoms with Gasteiger partial charge in [-0.15, -0.1) is 0 Å². The SMILES string of the molecule is O=C(CNCc1ccccc1)Oc1ccc(F)cc1. The van der Waals surface area contributed by atoms with Gasteiger partial charge in [0.1, 0.15) is 11.6 Å². The van der Waals surface area contributed by atoms with Crippen molar-refractivity contribution in [2.24, 2.45) is 0 Å². The summed E-state index contributed by atoms with van der Waals surface area (Å²) in [5.41, 5.74) is 1.09. The molecule has 0 saturated carbocycles. The lowest BCUT2D eigenvalue weighted by Gasteiger charge is -2.06. The van der Waals surface area contributed by atoms with Crippen molar-refractivity contribution in [3.05, 3.63) is 66.0 Å². The predicted molar refractivity (Wildman–Crippen MR) is 70.2 cm³/mol. The molecule has 1 N–H and O–H groups in total. The van der Waals surface area contributed by atoms with Crippen LogP contribution in [0.3, 0.4) is 0 Å². The fourth-order valence-electron chi connectivity index (χ4n) is 1.57. The summed E-state index contributed by atoms with van der Waals surface area (Å²) in [4.78, 5) is 11.5. The van der Waals surface area contributed by atoms with Crippen LogP contribution in [0.15, 0.2) is 54.6 Å². The molecule has 0 amide bonds. The lowest BCUT2D eigenvalue weighted by Crippen LogP contribution is -2.26. The zero-order valence-electron chi connectivity index (χ0n) is 10.3. The summed E-state index contributed by atoms with van der Waals surface area (Å²) < 4.78 is 17.7. The summed E-state index contributed by atoms with van der Waals surface area (Å²) >= 11 is 0. The molecule has 0 fully saturated rings. The second-order valence-electron chi connectivity index (χ2n) is 4.02. The lowest BCUT2D eigenvalue weighted by molar-refractivity contribution is -0.133. The Balaban J connectivity index is 1.74. The molecule has 0 saturated heterocycles. The molecule has 2 aromatic carbocycles. The Bertz CT molecular complexity index is 526.